The quantitative estimate of drug-likeness (QED) is 0.791. The predicted molar refractivity (Wildman–Crippen MR) is 66.9 cm³/mol. The van der Waals surface area contributed by atoms with E-state index in [9.17, 15) is 8.42 Å². The van der Waals surface area contributed by atoms with Crippen LogP contribution in [0.3, 0.4) is 0 Å². The Balaban J connectivity index is 2.61. The number of rotatable bonds is 5. The molecule has 0 amide bonds. The summed E-state index contributed by atoms with van der Waals surface area (Å²) < 4.78 is 26.0. The second kappa shape index (κ2) is 5.98. The van der Waals surface area contributed by atoms with Crippen molar-refractivity contribution in [1.82, 2.24) is 9.62 Å². The Kier molecular flexibility index (Phi) is 5.21. The van der Waals surface area contributed by atoms with Crippen molar-refractivity contribution in [2.75, 3.05) is 25.4 Å². The fraction of sp³-hybridized carbons (Fsp3) is 1.00. The normalized spacial score (nSPS) is 19.6. The molecule has 0 unspecified atom stereocenters. The van der Waals surface area contributed by atoms with Gasteiger partial charge >= 0.3 is 0 Å². The average Bonchev–Trinajstić information content (AvgIpc) is 2.18. The minimum absolute atomic E-state index is 0.0664. The summed E-state index contributed by atoms with van der Waals surface area (Å²) in [6.07, 6.45) is 1.96. The van der Waals surface area contributed by atoms with Crippen molar-refractivity contribution in [2.24, 2.45) is 5.92 Å². The molecule has 0 radical (unpaired) electrons. The summed E-state index contributed by atoms with van der Waals surface area (Å²) in [6.45, 7) is 8.25. The molecule has 0 aliphatic carbocycles. The van der Waals surface area contributed by atoms with Crippen LogP contribution >= 0.6 is 0 Å². The first-order valence-corrected chi connectivity index (χ1v) is 7.78. The highest BCUT2D eigenvalue weighted by Gasteiger charge is 2.27. The van der Waals surface area contributed by atoms with Crippen LogP contribution < -0.4 is 5.32 Å². The van der Waals surface area contributed by atoms with Gasteiger partial charge in [0.2, 0.25) is 10.0 Å². The highest BCUT2D eigenvalue weighted by Crippen LogP contribution is 2.17. The van der Waals surface area contributed by atoms with Crippen molar-refractivity contribution in [3.05, 3.63) is 0 Å². The van der Waals surface area contributed by atoms with Crippen LogP contribution in [0, 0.1) is 5.92 Å². The van der Waals surface area contributed by atoms with Gasteiger partial charge in [-0.05, 0) is 45.7 Å². The zero-order valence-electron chi connectivity index (χ0n) is 10.6. The Morgan fingerprint density at radius 3 is 2.31 bits per heavy atom. The molecule has 0 saturated carbocycles. The average molecular weight is 248 g/mol. The summed E-state index contributed by atoms with van der Waals surface area (Å²) in [5, 5.41) is 3.26. The first-order chi connectivity index (χ1) is 7.47. The Hall–Kier alpha value is -0.130. The van der Waals surface area contributed by atoms with Crippen molar-refractivity contribution in [2.45, 2.75) is 39.7 Å². The first kappa shape index (κ1) is 13.9. The Morgan fingerprint density at radius 1 is 1.31 bits per heavy atom. The van der Waals surface area contributed by atoms with Crippen molar-refractivity contribution >= 4 is 10.0 Å². The molecule has 5 heteroatoms. The smallest absolute Gasteiger partial charge is 0.214 e. The summed E-state index contributed by atoms with van der Waals surface area (Å²) in [7, 11) is -3.07. The number of piperidine rings is 1. The third-order valence-corrected chi connectivity index (χ3v) is 5.44. The van der Waals surface area contributed by atoms with Crippen LogP contribution in [0.5, 0.6) is 0 Å². The number of sulfonamides is 1. The van der Waals surface area contributed by atoms with E-state index in [1.54, 1.807) is 4.31 Å². The fourth-order valence-electron chi connectivity index (χ4n) is 2.33. The molecule has 1 heterocycles. The fourth-order valence-corrected chi connectivity index (χ4v) is 4.48. The summed E-state index contributed by atoms with van der Waals surface area (Å²) >= 11 is 0. The monoisotopic (exact) mass is 248 g/mol. The molecule has 1 aliphatic rings. The third-order valence-electron chi connectivity index (χ3n) is 3.15. The van der Waals surface area contributed by atoms with Crippen molar-refractivity contribution < 1.29 is 8.42 Å². The molecule has 96 valence electrons. The number of hydrogen-bond acceptors (Lipinski definition) is 3. The molecule has 0 aromatic carbocycles. The molecule has 1 rings (SSSR count). The largest absolute Gasteiger partial charge is 0.317 e. The van der Waals surface area contributed by atoms with Crippen LogP contribution in [0.1, 0.15) is 33.6 Å². The highest BCUT2D eigenvalue weighted by molar-refractivity contribution is 7.89. The molecule has 1 aliphatic heterocycles. The molecule has 1 fully saturated rings. The van der Waals surface area contributed by atoms with Crippen molar-refractivity contribution in [1.29, 1.82) is 0 Å². The Labute approximate surface area is 99.5 Å². The maximum Gasteiger partial charge on any atom is 0.214 e. The van der Waals surface area contributed by atoms with Gasteiger partial charge in [-0.15, -0.1) is 0 Å². The minimum Gasteiger partial charge on any atom is -0.317 e. The molecule has 16 heavy (non-hydrogen) atoms. The van der Waals surface area contributed by atoms with Gasteiger partial charge in [0.1, 0.15) is 0 Å². The van der Waals surface area contributed by atoms with E-state index >= 15 is 0 Å². The molecule has 1 saturated heterocycles. The number of hydrogen-bond donors (Lipinski definition) is 1. The van der Waals surface area contributed by atoms with E-state index in [1.165, 1.54) is 0 Å². The maximum atomic E-state index is 12.2. The van der Waals surface area contributed by atoms with E-state index in [0.717, 1.165) is 25.9 Å². The lowest BCUT2D eigenvalue weighted by Crippen LogP contribution is -2.41. The second-order valence-corrected chi connectivity index (χ2v) is 6.74. The number of nitrogens with zero attached hydrogens (tertiary/aromatic N) is 1. The zero-order chi connectivity index (χ0) is 12.2. The lowest BCUT2D eigenvalue weighted by molar-refractivity contribution is 0.351. The van der Waals surface area contributed by atoms with E-state index in [0.29, 0.717) is 18.2 Å². The van der Waals surface area contributed by atoms with E-state index < -0.39 is 10.0 Å². The highest BCUT2D eigenvalue weighted by atomic mass is 32.2. The van der Waals surface area contributed by atoms with Crippen LogP contribution in [0.4, 0.5) is 0 Å². The molecule has 1 N–H and O–H groups in total. The van der Waals surface area contributed by atoms with E-state index in [4.69, 9.17) is 0 Å². The zero-order valence-corrected chi connectivity index (χ0v) is 11.4. The van der Waals surface area contributed by atoms with Crippen molar-refractivity contribution in [3.8, 4) is 0 Å². The molecule has 0 aromatic heterocycles. The SMILES string of the molecule is CCN(C(C)C)S(=O)(=O)CC1CCNCC1. The van der Waals surface area contributed by atoms with Crippen LogP contribution in [0.15, 0.2) is 0 Å². The van der Waals surface area contributed by atoms with Crippen LogP contribution in [0.2, 0.25) is 0 Å². The van der Waals surface area contributed by atoms with Gasteiger partial charge in [0, 0.05) is 12.6 Å². The topological polar surface area (TPSA) is 49.4 Å². The molecule has 0 spiro atoms. The van der Waals surface area contributed by atoms with Gasteiger partial charge in [-0.2, -0.15) is 4.31 Å². The minimum atomic E-state index is -3.07. The second-order valence-electron chi connectivity index (χ2n) is 4.77. The van der Waals surface area contributed by atoms with E-state index in [1.807, 2.05) is 20.8 Å². The van der Waals surface area contributed by atoms with Gasteiger partial charge in [0.05, 0.1) is 5.75 Å². The van der Waals surface area contributed by atoms with Gasteiger partial charge in [-0.25, -0.2) is 8.42 Å². The summed E-state index contributed by atoms with van der Waals surface area (Å²) in [5.74, 6) is 0.653. The van der Waals surface area contributed by atoms with Gasteiger partial charge in [-0.1, -0.05) is 6.92 Å². The molecular weight excluding hydrogens is 224 g/mol. The Morgan fingerprint density at radius 2 is 1.88 bits per heavy atom. The van der Waals surface area contributed by atoms with Crippen LogP contribution in [-0.4, -0.2) is 44.2 Å². The maximum absolute atomic E-state index is 12.2. The standard InChI is InChI=1S/C11H24N2O2S/c1-4-13(10(2)3)16(14,15)9-11-5-7-12-8-6-11/h10-12H,4-9H2,1-3H3. The van der Waals surface area contributed by atoms with E-state index in [-0.39, 0.29) is 6.04 Å². The molecule has 0 atom stereocenters. The molecule has 0 bridgehead atoms. The van der Waals surface area contributed by atoms with Gasteiger partial charge < -0.3 is 5.32 Å². The molecular formula is C11H24N2O2S. The van der Waals surface area contributed by atoms with Crippen LogP contribution in [0.25, 0.3) is 0 Å². The van der Waals surface area contributed by atoms with Crippen molar-refractivity contribution in [3.63, 3.8) is 0 Å². The van der Waals surface area contributed by atoms with Gasteiger partial charge in [-0.3, -0.25) is 0 Å². The third kappa shape index (κ3) is 3.71. The first-order valence-electron chi connectivity index (χ1n) is 6.17. The lowest BCUT2D eigenvalue weighted by Gasteiger charge is -2.28. The molecule has 0 aromatic rings. The summed E-state index contributed by atoms with van der Waals surface area (Å²) in [6, 6.07) is 0.0664. The van der Waals surface area contributed by atoms with Crippen LogP contribution in [-0.2, 0) is 10.0 Å². The predicted octanol–water partition coefficient (Wildman–Crippen LogP) is 1.05. The summed E-state index contributed by atoms with van der Waals surface area (Å²) in [4.78, 5) is 0. The Bertz CT molecular complexity index is 295. The van der Waals surface area contributed by atoms with Gasteiger partial charge in [0.15, 0.2) is 0 Å². The molecule has 4 nitrogen and oxygen atoms in total. The number of nitrogens with one attached hydrogen (secondary N) is 1. The lowest BCUT2D eigenvalue weighted by atomic mass is 10.0. The van der Waals surface area contributed by atoms with Gasteiger partial charge in [0.25, 0.3) is 0 Å². The summed E-state index contributed by atoms with van der Waals surface area (Å²) in [5.41, 5.74) is 0. The van der Waals surface area contributed by atoms with E-state index in [2.05, 4.69) is 5.32 Å².